The largest absolute Gasteiger partial charge is 0.497 e. The Bertz CT molecular complexity index is 1290. The fourth-order valence-electron chi connectivity index (χ4n) is 3.32. The van der Waals surface area contributed by atoms with Crippen molar-refractivity contribution in [3.8, 4) is 28.4 Å². The molecule has 0 spiro atoms. The predicted molar refractivity (Wildman–Crippen MR) is 126 cm³/mol. The summed E-state index contributed by atoms with van der Waals surface area (Å²) in [5.41, 5.74) is 3.49. The van der Waals surface area contributed by atoms with Crippen LogP contribution in [0.15, 0.2) is 83.8 Å². The number of nitrogens with zero attached hydrogens (tertiary/aromatic N) is 1. The van der Waals surface area contributed by atoms with Crippen LogP contribution in [0.2, 0.25) is 5.02 Å². The highest BCUT2D eigenvalue weighted by atomic mass is 35.5. The molecule has 1 aromatic heterocycles. The predicted octanol–water partition coefficient (Wildman–Crippen LogP) is 4.93. The topological polar surface area (TPSA) is 84.1 Å². The van der Waals surface area contributed by atoms with Gasteiger partial charge in [-0.05, 0) is 48.5 Å². The van der Waals surface area contributed by atoms with Gasteiger partial charge in [-0.15, -0.1) is 0 Å². The first kappa shape index (κ1) is 22.1. The molecule has 0 saturated heterocycles. The zero-order valence-electron chi connectivity index (χ0n) is 17.4. The molecule has 6 nitrogen and oxygen atoms in total. The molecule has 1 heterocycles. The van der Waals surface area contributed by atoms with Crippen LogP contribution >= 0.6 is 11.6 Å². The summed E-state index contributed by atoms with van der Waals surface area (Å²) in [7, 11) is -2.02. The van der Waals surface area contributed by atoms with Gasteiger partial charge in [0.2, 0.25) is 10.0 Å². The maximum atomic E-state index is 12.6. The number of benzene rings is 3. The van der Waals surface area contributed by atoms with E-state index in [0.29, 0.717) is 11.4 Å². The average molecular weight is 468 g/mol. The molecular weight excluding hydrogens is 446 g/mol. The molecular formula is C24H22ClN3O3S. The Labute approximate surface area is 192 Å². The second-order valence-corrected chi connectivity index (χ2v) is 9.31. The molecule has 164 valence electrons. The molecule has 0 radical (unpaired) electrons. The van der Waals surface area contributed by atoms with Crippen molar-refractivity contribution in [1.29, 1.82) is 0 Å². The summed E-state index contributed by atoms with van der Waals surface area (Å²) >= 11 is 5.86. The van der Waals surface area contributed by atoms with Crippen molar-refractivity contribution >= 4 is 21.6 Å². The minimum Gasteiger partial charge on any atom is -0.497 e. The van der Waals surface area contributed by atoms with Gasteiger partial charge in [0, 0.05) is 34.8 Å². The standard InChI is InChI=1S/C24H22ClN3O3S/c1-31-20-11-7-17(8-12-20)23-22(27-24(28-23)18-5-3-2-4-6-18)15-16-26-32(29,30)21-13-9-19(25)10-14-21/h2-14,26H,15-16H2,1H3,(H,27,28). The van der Waals surface area contributed by atoms with E-state index in [1.54, 1.807) is 19.2 Å². The number of H-pyrrole nitrogens is 1. The number of hydrogen-bond acceptors (Lipinski definition) is 4. The lowest BCUT2D eigenvalue weighted by Crippen LogP contribution is -2.26. The van der Waals surface area contributed by atoms with Gasteiger partial charge in [-0.3, -0.25) is 0 Å². The van der Waals surface area contributed by atoms with E-state index in [9.17, 15) is 8.42 Å². The smallest absolute Gasteiger partial charge is 0.240 e. The molecule has 4 aromatic rings. The number of methoxy groups -OCH3 is 1. The van der Waals surface area contributed by atoms with Crippen molar-refractivity contribution in [2.75, 3.05) is 13.7 Å². The van der Waals surface area contributed by atoms with Crippen LogP contribution < -0.4 is 9.46 Å². The lowest BCUT2D eigenvalue weighted by atomic mass is 10.1. The molecule has 0 aliphatic heterocycles. The summed E-state index contributed by atoms with van der Waals surface area (Å²) in [5, 5.41) is 0.485. The summed E-state index contributed by atoms with van der Waals surface area (Å²) in [4.78, 5) is 8.34. The Morgan fingerprint density at radius 2 is 1.62 bits per heavy atom. The minimum atomic E-state index is -3.64. The quantitative estimate of drug-likeness (QED) is 0.385. The number of halogens is 1. The van der Waals surface area contributed by atoms with E-state index in [-0.39, 0.29) is 11.4 Å². The Balaban J connectivity index is 1.58. The van der Waals surface area contributed by atoms with E-state index in [0.717, 1.165) is 34.1 Å². The van der Waals surface area contributed by atoms with Crippen LogP contribution in [0.3, 0.4) is 0 Å². The third kappa shape index (κ3) is 5.02. The van der Waals surface area contributed by atoms with E-state index in [1.807, 2.05) is 54.6 Å². The zero-order valence-corrected chi connectivity index (χ0v) is 19.0. The van der Waals surface area contributed by atoms with Crippen LogP contribution in [-0.4, -0.2) is 32.0 Å². The summed E-state index contributed by atoms with van der Waals surface area (Å²) in [6, 6.07) is 23.5. The van der Waals surface area contributed by atoms with Crippen LogP contribution in [0.25, 0.3) is 22.6 Å². The van der Waals surface area contributed by atoms with Crippen molar-refractivity contribution in [1.82, 2.24) is 14.7 Å². The molecule has 0 bridgehead atoms. The monoisotopic (exact) mass is 467 g/mol. The number of nitrogens with one attached hydrogen (secondary N) is 2. The number of aromatic amines is 1. The van der Waals surface area contributed by atoms with Gasteiger partial charge in [-0.1, -0.05) is 41.9 Å². The Morgan fingerprint density at radius 3 is 2.28 bits per heavy atom. The van der Waals surface area contributed by atoms with E-state index < -0.39 is 10.0 Å². The first-order valence-corrected chi connectivity index (χ1v) is 11.9. The Kier molecular flexibility index (Phi) is 6.60. The van der Waals surface area contributed by atoms with E-state index in [1.165, 1.54) is 12.1 Å². The fraction of sp³-hybridized carbons (Fsp3) is 0.125. The number of rotatable bonds is 8. The lowest BCUT2D eigenvalue weighted by molar-refractivity contribution is 0.415. The van der Waals surface area contributed by atoms with Crippen molar-refractivity contribution in [3.63, 3.8) is 0 Å². The van der Waals surface area contributed by atoms with Crippen molar-refractivity contribution in [2.45, 2.75) is 11.3 Å². The molecule has 32 heavy (non-hydrogen) atoms. The van der Waals surface area contributed by atoms with Gasteiger partial charge in [-0.2, -0.15) is 0 Å². The molecule has 0 amide bonds. The molecule has 2 N–H and O–H groups in total. The molecule has 0 aliphatic rings. The summed E-state index contributed by atoms with van der Waals surface area (Å²) in [6.45, 7) is 0.213. The zero-order chi connectivity index (χ0) is 22.6. The first-order valence-electron chi connectivity index (χ1n) is 10.0. The van der Waals surface area contributed by atoms with Crippen molar-refractivity contribution in [3.05, 3.63) is 89.6 Å². The third-order valence-electron chi connectivity index (χ3n) is 4.98. The van der Waals surface area contributed by atoms with E-state index >= 15 is 0 Å². The second-order valence-electron chi connectivity index (χ2n) is 7.11. The minimum absolute atomic E-state index is 0.173. The van der Waals surface area contributed by atoms with Gasteiger partial charge in [0.15, 0.2) is 0 Å². The van der Waals surface area contributed by atoms with Crippen LogP contribution in [0.1, 0.15) is 5.69 Å². The average Bonchev–Trinajstić information content (AvgIpc) is 3.24. The van der Waals surface area contributed by atoms with E-state index in [4.69, 9.17) is 21.3 Å². The fourth-order valence-corrected chi connectivity index (χ4v) is 4.48. The van der Waals surface area contributed by atoms with Crippen LogP contribution in [0, 0.1) is 0 Å². The first-order chi connectivity index (χ1) is 15.5. The van der Waals surface area contributed by atoms with Crippen LogP contribution in [0.5, 0.6) is 5.75 Å². The maximum absolute atomic E-state index is 12.6. The highest BCUT2D eigenvalue weighted by Crippen LogP contribution is 2.28. The van der Waals surface area contributed by atoms with E-state index in [2.05, 4.69) is 9.71 Å². The van der Waals surface area contributed by atoms with Crippen LogP contribution in [0.4, 0.5) is 0 Å². The SMILES string of the molecule is COc1ccc(-c2nc(-c3ccccc3)[nH]c2CCNS(=O)(=O)c2ccc(Cl)cc2)cc1. The van der Waals surface area contributed by atoms with Gasteiger partial charge in [0.05, 0.1) is 17.7 Å². The van der Waals surface area contributed by atoms with Gasteiger partial charge in [0.1, 0.15) is 11.6 Å². The number of aromatic nitrogens is 2. The number of ether oxygens (including phenoxy) is 1. The maximum Gasteiger partial charge on any atom is 0.240 e. The molecule has 0 unspecified atom stereocenters. The number of imidazole rings is 1. The Hall–Kier alpha value is -3.13. The molecule has 0 atom stereocenters. The lowest BCUT2D eigenvalue weighted by Gasteiger charge is -2.08. The molecule has 0 fully saturated rings. The van der Waals surface area contributed by atoms with Crippen molar-refractivity contribution in [2.24, 2.45) is 0 Å². The summed E-state index contributed by atoms with van der Waals surface area (Å²) in [5.74, 6) is 1.48. The number of sulfonamides is 1. The van der Waals surface area contributed by atoms with Gasteiger partial charge < -0.3 is 9.72 Å². The molecule has 8 heteroatoms. The highest BCUT2D eigenvalue weighted by Gasteiger charge is 2.17. The highest BCUT2D eigenvalue weighted by molar-refractivity contribution is 7.89. The second kappa shape index (κ2) is 9.56. The third-order valence-corrected chi connectivity index (χ3v) is 6.71. The normalized spacial score (nSPS) is 11.4. The summed E-state index contributed by atoms with van der Waals surface area (Å²) in [6.07, 6.45) is 0.439. The molecule has 0 saturated carbocycles. The number of hydrogen-bond donors (Lipinski definition) is 2. The molecule has 4 rings (SSSR count). The molecule has 3 aromatic carbocycles. The molecule has 0 aliphatic carbocycles. The summed E-state index contributed by atoms with van der Waals surface area (Å²) < 4.78 is 33.1. The van der Waals surface area contributed by atoms with Gasteiger partial charge >= 0.3 is 0 Å². The van der Waals surface area contributed by atoms with Crippen molar-refractivity contribution < 1.29 is 13.2 Å². The van der Waals surface area contributed by atoms with Crippen LogP contribution in [-0.2, 0) is 16.4 Å². The Morgan fingerprint density at radius 1 is 0.938 bits per heavy atom. The van der Waals surface area contributed by atoms with Gasteiger partial charge in [0.25, 0.3) is 0 Å². The van der Waals surface area contributed by atoms with Gasteiger partial charge in [-0.25, -0.2) is 18.1 Å².